The molecule has 0 radical (unpaired) electrons. The monoisotopic (exact) mass is 617 g/mol. The van der Waals surface area contributed by atoms with Crippen molar-refractivity contribution in [3.63, 3.8) is 0 Å². The number of aliphatic hydroxyl groups excluding tert-OH is 1. The summed E-state index contributed by atoms with van der Waals surface area (Å²) in [4.78, 5) is 29.8. The fourth-order valence-electron chi connectivity index (χ4n) is 5.15. The van der Waals surface area contributed by atoms with Gasteiger partial charge in [0.2, 0.25) is 5.91 Å². The number of fused-ring (bicyclic) bond motifs is 1. The highest BCUT2D eigenvalue weighted by Crippen LogP contribution is 2.31. The van der Waals surface area contributed by atoms with E-state index in [2.05, 4.69) is 15.8 Å². The maximum atomic E-state index is 13.5. The summed E-state index contributed by atoms with van der Waals surface area (Å²) in [5.41, 5.74) is 2.01. The van der Waals surface area contributed by atoms with E-state index in [1.54, 1.807) is 43.9 Å². The van der Waals surface area contributed by atoms with Crippen molar-refractivity contribution in [2.45, 2.75) is 59.0 Å². The standard InChI is InChI=1S/C31H38F3N5O5/c1-18-14-39(19(2)17-40)28(41)13-23-12-25(35-30(42)36-29-20(3)37-44-21(29)4)10-11-26(23)43-27(18)16-38(5)15-22-6-8-24(9-7-22)31(32,33)34/h6-12,18-19,27,40H,13-17H2,1-5H3,(H2,35,36,42)/t18-,19+,27-/m0/s1. The van der Waals surface area contributed by atoms with Gasteiger partial charge in [0.1, 0.15) is 23.2 Å². The number of likely N-dealkylation sites (N-methyl/N-ethyl adjacent to an activating group) is 1. The average molecular weight is 618 g/mol. The maximum Gasteiger partial charge on any atom is 0.416 e. The van der Waals surface area contributed by atoms with Crippen molar-refractivity contribution in [1.82, 2.24) is 15.0 Å². The van der Waals surface area contributed by atoms with Crippen molar-refractivity contribution in [3.05, 3.63) is 70.6 Å². The minimum absolute atomic E-state index is 0.0124. The zero-order valence-electron chi connectivity index (χ0n) is 25.4. The number of carbonyl (C=O) groups is 2. The molecule has 1 aromatic heterocycles. The van der Waals surface area contributed by atoms with E-state index in [0.717, 1.165) is 12.1 Å². The first-order valence-corrected chi connectivity index (χ1v) is 14.3. The van der Waals surface area contributed by atoms with Crippen LogP contribution < -0.4 is 15.4 Å². The SMILES string of the molecule is Cc1noc(C)c1NC(=O)Nc1ccc2c(c1)CC(=O)N([C@H](C)CO)C[C@H](C)[C@H](CN(C)Cc1ccc(C(F)(F)F)cc1)O2. The molecule has 1 aliphatic rings. The van der Waals surface area contributed by atoms with E-state index >= 15 is 0 Å². The van der Waals surface area contributed by atoms with Crippen LogP contribution in [0.5, 0.6) is 5.75 Å². The van der Waals surface area contributed by atoms with Crippen LogP contribution in [0.1, 0.15) is 42.0 Å². The third-order valence-corrected chi connectivity index (χ3v) is 7.67. The number of ether oxygens (including phenoxy) is 1. The summed E-state index contributed by atoms with van der Waals surface area (Å²) in [5, 5.41) is 19.2. The van der Waals surface area contributed by atoms with E-state index in [4.69, 9.17) is 9.26 Å². The number of anilines is 2. The van der Waals surface area contributed by atoms with E-state index in [9.17, 15) is 27.9 Å². The van der Waals surface area contributed by atoms with Crippen LogP contribution >= 0.6 is 0 Å². The molecule has 3 amide bonds. The highest BCUT2D eigenvalue weighted by atomic mass is 19.4. The Balaban J connectivity index is 1.55. The molecule has 0 aliphatic carbocycles. The van der Waals surface area contributed by atoms with Crippen molar-refractivity contribution in [2.75, 3.05) is 37.4 Å². The largest absolute Gasteiger partial charge is 0.488 e. The summed E-state index contributed by atoms with van der Waals surface area (Å²) in [5.74, 6) is 0.591. The first-order valence-electron chi connectivity index (χ1n) is 14.3. The van der Waals surface area contributed by atoms with Gasteiger partial charge in [-0.25, -0.2) is 4.79 Å². The van der Waals surface area contributed by atoms with Crippen molar-refractivity contribution in [2.24, 2.45) is 5.92 Å². The molecule has 0 unspecified atom stereocenters. The first kappa shape index (κ1) is 32.8. The van der Waals surface area contributed by atoms with Crippen LogP contribution in [-0.4, -0.2) is 70.9 Å². The lowest BCUT2D eigenvalue weighted by molar-refractivity contribution is -0.137. The van der Waals surface area contributed by atoms with E-state index in [-0.39, 0.29) is 24.9 Å². The molecule has 0 bridgehead atoms. The zero-order chi connectivity index (χ0) is 32.2. The van der Waals surface area contributed by atoms with Gasteiger partial charge in [-0.1, -0.05) is 24.2 Å². The van der Waals surface area contributed by atoms with Gasteiger partial charge in [-0.3, -0.25) is 9.69 Å². The van der Waals surface area contributed by atoms with Gasteiger partial charge >= 0.3 is 12.2 Å². The molecule has 2 heterocycles. The van der Waals surface area contributed by atoms with Crippen molar-refractivity contribution in [3.8, 4) is 5.75 Å². The Labute approximate surface area is 254 Å². The van der Waals surface area contributed by atoms with Gasteiger partial charge in [0.05, 0.1) is 24.6 Å². The van der Waals surface area contributed by atoms with Gasteiger partial charge in [0, 0.05) is 36.8 Å². The van der Waals surface area contributed by atoms with Crippen molar-refractivity contribution >= 4 is 23.3 Å². The van der Waals surface area contributed by atoms with Gasteiger partial charge in [0.15, 0.2) is 5.76 Å². The number of aryl methyl sites for hydroxylation is 2. The number of carbonyl (C=O) groups excluding carboxylic acids is 2. The highest BCUT2D eigenvalue weighted by Gasteiger charge is 2.32. The molecule has 3 aromatic rings. The lowest BCUT2D eigenvalue weighted by Gasteiger charge is -2.34. The Morgan fingerprint density at radius 1 is 1.18 bits per heavy atom. The average Bonchev–Trinajstić information content (AvgIpc) is 3.29. The van der Waals surface area contributed by atoms with Crippen molar-refractivity contribution < 1.29 is 37.1 Å². The van der Waals surface area contributed by atoms with E-state index in [1.165, 1.54) is 12.1 Å². The molecule has 238 valence electrons. The smallest absolute Gasteiger partial charge is 0.416 e. The van der Waals surface area contributed by atoms with Gasteiger partial charge < -0.3 is 29.9 Å². The minimum atomic E-state index is -4.40. The number of nitrogens with zero attached hydrogens (tertiary/aromatic N) is 3. The topological polar surface area (TPSA) is 120 Å². The quantitative estimate of drug-likeness (QED) is 0.317. The Morgan fingerprint density at radius 2 is 1.89 bits per heavy atom. The molecule has 10 nitrogen and oxygen atoms in total. The Hall–Kier alpha value is -4.10. The van der Waals surface area contributed by atoms with Crippen LogP contribution in [-0.2, 0) is 23.9 Å². The third-order valence-electron chi connectivity index (χ3n) is 7.67. The fourth-order valence-corrected chi connectivity index (χ4v) is 5.15. The van der Waals surface area contributed by atoms with Crippen LogP contribution in [0.4, 0.5) is 29.3 Å². The minimum Gasteiger partial charge on any atom is -0.488 e. The summed E-state index contributed by atoms with van der Waals surface area (Å²) in [6, 6.07) is 9.17. The number of aliphatic hydroxyl groups is 1. The number of nitrogens with one attached hydrogen (secondary N) is 2. The molecule has 1 aliphatic heterocycles. The maximum absolute atomic E-state index is 13.5. The molecule has 3 N–H and O–H groups in total. The molecule has 0 saturated carbocycles. The van der Waals surface area contributed by atoms with E-state index in [1.807, 2.05) is 18.9 Å². The van der Waals surface area contributed by atoms with Crippen molar-refractivity contribution in [1.29, 1.82) is 0 Å². The molecule has 0 saturated heterocycles. The Bertz CT molecular complexity index is 1440. The Kier molecular flexibility index (Phi) is 10.2. The summed E-state index contributed by atoms with van der Waals surface area (Å²) in [6.45, 7) is 8.04. The number of rotatable bonds is 8. The molecular weight excluding hydrogens is 579 g/mol. The molecule has 0 spiro atoms. The second kappa shape index (κ2) is 13.7. The van der Waals surface area contributed by atoms with E-state index < -0.39 is 29.9 Å². The van der Waals surface area contributed by atoms with Crippen LogP contribution in [0.15, 0.2) is 47.0 Å². The summed E-state index contributed by atoms with van der Waals surface area (Å²) in [7, 11) is 1.85. The molecule has 4 rings (SSSR count). The van der Waals surface area contributed by atoms with Crippen LogP contribution in [0, 0.1) is 19.8 Å². The predicted octanol–water partition coefficient (Wildman–Crippen LogP) is 5.24. The normalized spacial score (nSPS) is 18.1. The molecule has 2 aromatic carbocycles. The number of hydrogen-bond acceptors (Lipinski definition) is 7. The molecule has 44 heavy (non-hydrogen) atoms. The lowest BCUT2D eigenvalue weighted by Crippen LogP contribution is -2.47. The van der Waals surface area contributed by atoms with Crippen LogP contribution in [0.2, 0.25) is 0 Å². The Morgan fingerprint density at radius 3 is 2.50 bits per heavy atom. The number of aromatic nitrogens is 1. The second-order valence-corrected chi connectivity index (χ2v) is 11.4. The predicted molar refractivity (Wildman–Crippen MR) is 158 cm³/mol. The van der Waals surface area contributed by atoms with Gasteiger partial charge in [-0.05, 0) is 63.7 Å². The van der Waals surface area contributed by atoms with E-state index in [0.29, 0.717) is 59.3 Å². The lowest BCUT2D eigenvalue weighted by atomic mass is 10.0. The van der Waals surface area contributed by atoms with Crippen LogP contribution in [0.25, 0.3) is 0 Å². The van der Waals surface area contributed by atoms with Gasteiger partial charge in [0.25, 0.3) is 0 Å². The second-order valence-electron chi connectivity index (χ2n) is 11.4. The highest BCUT2D eigenvalue weighted by molar-refractivity contribution is 6.00. The summed E-state index contributed by atoms with van der Waals surface area (Å²) < 4.78 is 50.6. The number of hydrogen-bond donors (Lipinski definition) is 3. The molecular formula is C31H38F3N5O5. The summed E-state index contributed by atoms with van der Waals surface area (Å²) >= 11 is 0. The molecule has 13 heteroatoms. The number of benzene rings is 2. The number of alkyl halides is 3. The zero-order valence-corrected chi connectivity index (χ0v) is 25.4. The molecule has 0 fully saturated rings. The summed E-state index contributed by atoms with van der Waals surface area (Å²) in [6.07, 6.45) is -4.82. The van der Waals surface area contributed by atoms with Gasteiger partial charge in [-0.2, -0.15) is 13.2 Å². The molecule has 3 atom stereocenters. The van der Waals surface area contributed by atoms with Gasteiger partial charge in [-0.15, -0.1) is 0 Å². The number of halogens is 3. The fraction of sp³-hybridized carbons (Fsp3) is 0.452. The third kappa shape index (κ3) is 8.08. The number of urea groups is 1. The first-order chi connectivity index (χ1) is 20.7. The van der Waals surface area contributed by atoms with Crippen LogP contribution in [0.3, 0.4) is 0 Å². The number of amides is 3.